The largest absolute Gasteiger partial charge is 0.331 e. The van der Waals surface area contributed by atoms with Crippen molar-refractivity contribution in [3.8, 4) is 0 Å². The number of aliphatic imine (C=N–C) groups is 1. The summed E-state index contributed by atoms with van der Waals surface area (Å²) in [6, 6.07) is 29.1. The number of nitrogens with one attached hydrogen (secondary N) is 1. The Balaban J connectivity index is 1.66. The van der Waals surface area contributed by atoms with Gasteiger partial charge >= 0.3 is 0 Å². The highest BCUT2D eigenvalue weighted by Gasteiger charge is 2.29. The molecule has 0 aliphatic carbocycles. The fourth-order valence-corrected chi connectivity index (χ4v) is 4.54. The average molecular weight is 401 g/mol. The number of para-hydroxylation sites is 1. The third kappa shape index (κ3) is 4.24. The summed E-state index contributed by atoms with van der Waals surface area (Å²) in [5, 5.41) is 6.89. The van der Waals surface area contributed by atoms with Crippen LogP contribution in [0, 0.1) is 6.92 Å². The third-order valence-corrected chi connectivity index (χ3v) is 5.75. The number of hydrogen-bond acceptors (Lipinski definition) is 2. The van der Waals surface area contributed by atoms with E-state index in [2.05, 4.69) is 66.2 Å². The standard InChI is InChI=1S/C24H20N2S2/c1-17-12-14-19(15-13-17)22-21(18-8-4-2-5-9-18)16-28-23(22)26-24(27)25-20-10-6-3-7-11-20/h2-16,22H,1H3,(H,25,27)/b26-23-. The van der Waals surface area contributed by atoms with Gasteiger partial charge in [-0.1, -0.05) is 90.1 Å². The summed E-state index contributed by atoms with van der Waals surface area (Å²) >= 11 is 7.17. The molecule has 4 rings (SSSR count). The van der Waals surface area contributed by atoms with E-state index < -0.39 is 0 Å². The van der Waals surface area contributed by atoms with Gasteiger partial charge < -0.3 is 5.32 Å². The topological polar surface area (TPSA) is 24.4 Å². The Morgan fingerprint density at radius 1 is 0.893 bits per heavy atom. The van der Waals surface area contributed by atoms with Crippen molar-refractivity contribution >= 4 is 45.4 Å². The van der Waals surface area contributed by atoms with Crippen molar-refractivity contribution in [2.24, 2.45) is 4.99 Å². The predicted molar refractivity (Wildman–Crippen MR) is 126 cm³/mol. The van der Waals surface area contributed by atoms with Crippen LogP contribution in [0.15, 0.2) is 95.3 Å². The van der Waals surface area contributed by atoms with Crippen molar-refractivity contribution in [3.63, 3.8) is 0 Å². The molecule has 1 N–H and O–H groups in total. The molecule has 0 radical (unpaired) electrons. The van der Waals surface area contributed by atoms with Gasteiger partial charge in [0.2, 0.25) is 0 Å². The molecule has 0 spiro atoms. The number of rotatable bonds is 3. The lowest BCUT2D eigenvalue weighted by Gasteiger charge is -2.17. The van der Waals surface area contributed by atoms with E-state index in [4.69, 9.17) is 17.2 Å². The molecule has 1 unspecified atom stereocenters. The average Bonchev–Trinajstić information content (AvgIpc) is 3.13. The van der Waals surface area contributed by atoms with Gasteiger partial charge in [0.25, 0.3) is 0 Å². The van der Waals surface area contributed by atoms with Gasteiger partial charge in [-0.15, -0.1) is 0 Å². The smallest absolute Gasteiger partial charge is 0.198 e. The second-order valence-electron chi connectivity index (χ2n) is 6.65. The molecule has 1 atom stereocenters. The normalized spacial score (nSPS) is 17.4. The van der Waals surface area contributed by atoms with Crippen LogP contribution in [0.3, 0.4) is 0 Å². The molecule has 3 aromatic carbocycles. The number of benzene rings is 3. The first-order valence-electron chi connectivity index (χ1n) is 9.14. The monoisotopic (exact) mass is 400 g/mol. The lowest BCUT2D eigenvalue weighted by molar-refractivity contribution is 1.18. The van der Waals surface area contributed by atoms with Crippen molar-refractivity contribution < 1.29 is 0 Å². The van der Waals surface area contributed by atoms with Crippen LogP contribution >= 0.6 is 24.0 Å². The SMILES string of the molecule is Cc1ccc(C2C(c3ccccc3)=CS/C2=N\C(=S)Nc2ccccc2)cc1. The molecule has 3 aromatic rings. The molecule has 0 saturated heterocycles. The molecule has 2 nitrogen and oxygen atoms in total. The number of allylic oxidation sites excluding steroid dienone is 1. The van der Waals surface area contributed by atoms with E-state index in [1.165, 1.54) is 22.3 Å². The molecular formula is C24H20N2S2. The Kier molecular flexibility index (Phi) is 5.70. The number of thiocarbonyl (C=S) groups is 1. The molecule has 138 valence electrons. The van der Waals surface area contributed by atoms with E-state index in [9.17, 15) is 0 Å². The number of hydrogen-bond donors (Lipinski definition) is 1. The molecule has 28 heavy (non-hydrogen) atoms. The molecule has 0 bridgehead atoms. The van der Waals surface area contributed by atoms with Crippen LogP contribution in [0.1, 0.15) is 22.6 Å². The zero-order valence-electron chi connectivity index (χ0n) is 15.5. The van der Waals surface area contributed by atoms with Crippen molar-refractivity contribution in [2.75, 3.05) is 5.32 Å². The first-order valence-corrected chi connectivity index (χ1v) is 10.4. The van der Waals surface area contributed by atoms with Gasteiger partial charge in [0.15, 0.2) is 5.11 Å². The van der Waals surface area contributed by atoms with Crippen LogP contribution in [-0.4, -0.2) is 10.2 Å². The lowest BCUT2D eigenvalue weighted by atomic mass is 9.88. The molecule has 1 aliphatic heterocycles. The van der Waals surface area contributed by atoms with E-state index in [0.717, 1.165) is 10.7 Å². The third-order valence-electron chi connectivity index (χ3n) is 4.62. The van der Waals surface area contributed by atoms with Crippen LogP contribution in [0.5, 0.6) is 0 Å². The maximum Gasteiger partial charge on any atom is 0.198 e. The second-order valence-corrected chi connectivity index (χ2v) is 7.92. The summed E-state index contributed by atoms with van der Waals surface area (Å²) in [7, 11) is 0. The van der Waals surface area contributed by atoms with Crippen LogP contribution in [0.2, 0.25) is 0 Å². The summed E-state index contributed by atoms with van der Waals surface area (Å²) in [5.41, 5.74) is 5.90. The highest BCUT2D eigenvalue weighted by Crippen LogP contribution is 2.44. The Morgan fingerprint density at radius 2 is 1.54 bits per heavy atom. The summed E-state index contributed by atoms with van der Waals surface area (Å²) in [6.07, 6.45) is 0. The first kappa shape index (κ1) is 18.7. The van der Waals surface area contributed by atoms with Crippen molar-refractivity contribution in [1.29, 1.82) is 0 Å². The molecule has 0 fully saturated rings. The Labute approximate surface area is 175 Å². The maximum atomic E-state index is 5.52. The highest BCUT2D eigenvalue weighted by molar-refractivity contribution is 8.17. The number of nitrogens with zero attached hydrogens (tertiary/aromatic N) is 1. The van der Waals surface area contributed by atoms with Crippen molar-refractivity contribution in [3.05, 3.63) is 107 Å². The van der Waals surface area contributed by atoms with Gasteiger partial charge in [0, 0.05) is 5.69 Å². The fraction of sp³-hybridized carbons (Fsp3) is 0.0833. The predicted octanol–water partition coefficient (Wildman–Crippen LogP) is 6.66. The van der Waals surface area contributed by atoms with E-state index in [1.54, 1.807) is 11.8 Å². The summed E-state index contributed by atoms with van der Waals surface area (Å²) in [5.74, 6) is 0.0866. The highest BCUT2D eigenvalue weighted by atomic mass is 32.2. The van der Waals surface area contributed by atoms with Gasteiger partial charge in [-0.05, 0) is 53.4 Å². The molecule has 0 aromatic heterocycles. The number of aryl methyl sites for hydroxylation is 1. The number of anilines is 1. The molecule has 1 heterocycles. The number of thioether (sulfide) groups is 1. The summed E-state index contributed by atoms with van der Waals surface area (Å²) in [6.45, 7) is 2.11. The lowest BCUT2D eigenvalue weighted by Crippen LogP contribution is -2.13. The van der Waals surface area contributed by atoms with Gasteiger partial charge in [-0.3, -0.25) is 0 Å². The molecular weight excluding hydrogens is 380 g/mol. The Morgan fingerprint density at radius 3 is 2.21 bits per heavy atom. The van der Waals surface area contributed by atoms with Crippen molar-refractivity contribution in [2.45, 2.75) is 12.8 Å². The van der Waals surface area contributed by atoms with Crippen LogP contribution in [0.4, 0.5) is 5.69 Å². The quantitative estimate of drug-likeness (QED) is 0.497. The zero-order chi connectivity index (χ0) is 19.3. The molecule has 0 amide bonds. The van der Waals surface area contributed by atoms with E-state index in [0.29, 0.717) is 5.11 Å². The van der Waals surface area contributed by atoms with Gasteiger partial charge in [-0.25, -0.2) is 4.99 Å². The van der Waals surface area contributed by atoms with Crippen LogP contribution < -0.4 is 5.32 Å². The molecule has 1 aliphatic rings. The first-order chi connectivity index (χ1) is 13.7. The summed E-state index contributed by atoms with van der Waals surface area (Å²) < 4.78 is 0. The minimum atomic E-state index is 0.0866. The van der Waals surface area contributed by atoms with Crippen molar-refractivity contribution in [1.82, 2.24) is 0 Å². The van der Waals surface area contributed by atoms with Crippen LogP contribution in [0.25, 0.3) is 5.57 Å². The minimum absolute atomic E-state index is 0.0866. The second kappa shape index (κ2) is 8.55. The van der Waals surface area contributed by atoms with E-state index >= 15 is 0 Å². The van der Waals surface area contributed by atoms with Gasteiger partial charge in [0.05, 0.1) is 11.0 Å². The maximum absolute atomic E-state index is 5.52. The molecule has 4 heteroatoms. The fourth-order valence-electron chi connectivity index (χ4n) is 3.20. The Bertz CT molecular complexity index is 1020. The molecule has 0 saturated carbocycles. The van der Waals surface area contributed by atoms with Crippen LogP contribution in [-0.2, 0) is 0 Å². The van der Waals surface area contributed by atoms with Gasteiger partial charge in [0.1, 0.15) is 0 Å². The minimum Gasteiger partial charge on any atom is -0.331 e. The zero-order valence-corrected chi connectivity index (χ0v) is 17.1. The summed E-state index contributed by atoms with van der Waals surface area (Å²) in [4.78, 5) is 4.78. The van der Waals surface area contributed by atoms with E-state index in [-0.39, 0.29) is 5.92 Å². The van der Waals surface area contributed by atoms with Gasteiger partial charge in [-0.2, -0.15) is 0 Å². The van der Waals surface area contributed by atoms with E-state index in [1.807, 2.05) is 36.4 Å². The Hall–Kier alpha value is -2.69.